The smallest absolute Gasteiger partial charge is 0.335 e. The molecule has 0 saturated carbocycles. The third-order valence-corrected chi connectivity index (χ3v) is 3.76. The average molecular weight is 378 g/mol. The number of methoxy groups -OCH3 is 1. The fourth-order valence-electron chi connectivity index (χ4n) is 2.43. The Hall–Kier alpha value is -4.00. The van der Waals surface area contributed by atoms with Crippen molar-refractivity contribution in [1.82, 2.24) is 0 Å². The van der Waals surface area contributed by atoms with E-state index in [1.807, 2.05) is 0 Å². The van der Waals surface area contributed by atoms with E-state index in [1.165, 1.54) is 12.1 Å². The van der Waals surface area contributed by atoms with Crippen LogP contribution in [0.3, 0.4) is 0 Å². The van der Waals surface area contributed by atoms with Crippen LogP contribution >= 0.6 is 0 Å². The first kappa shape index (κ1) is 18.8. The molecule has 0 aromatic heterocycles. The number of ether oxygens (including phenoxy) is 2. The summed E-state index contributed by atoms with van der Waals surface area (Å²) in [7, 11) is 1.56. The predicted molar refractivity (Wildman–Crippen MR) is 106 cm³/mol. The van der Waals surface area contributed by atoms with Gasteiger partial charge < -0.3 is 25.2 Å². The number of amides is 2. The summed E-state index contributed by atoms with van der Waals surface area (Å²) in [6, 6.07) is 19.6. The van der Waals surface area contributed by atoms with Crippen LogP contribution < -0.4 is 20.1 Å². The van der Waals surface area contributed by atoms with Gasteiger partial charge in [0.25, 0.3) is 0 Å². The van der Waals surface area contributed by atoms with Gasteiger partial charge in [-0.2, -0.15) is 0 Å². The fraction of sp³-hybridized carbons (Fsp3) is 0.0476. The van der Waals surface area contributed by atoms with Gasteiger partial charge in [-0.25, -0.2) is 9.59 Å². The number of carbonyl (C=O) groups is 2. The third-order valence-electron chi connectivity index (χ3n) is 3.76. The van der Waals surface area contributed by atoms with Gasteiger partial charge in [0, 0.05) is 17.4 Å². The summed E-state index contributed by atoms with van der Waals surface area (Å²) in [6.07, 6.45) is 0. The van der Waals surface area contributed by atoms with Crippen LogP contribution in [-0.4, -0.2) is 24.2 Å². The molecule has 3 aromatic carbocycles. The highest BCUT2D eigenvalue weighted by atomic mass is 16.5. The van der Waals surface area contributed by atoms with Crippen molar-refractivity contribution >= 4 is 23.4 Å². The lowest BCUT2D eigenvalue weighted by molar-refractivity contribution is 0.0696. The molecule has 0 unspecified atom stereocenters. The third kappa shape index (κ3) is 5.01. The first-order chi connectivity index (χ1) is 13.5. The number of carboxylic acid groups (broad SMARTS) is 1. The molecule has 0 aliphatic heterocycles. The Morgan fingerprint density at radius 2 is 1.46 bits per heavy atom. The molecule has 3 rings (SSSR count). The molecule has 0 fully saturated rings. The number of hydrogen-bond acceptors (Lipinski definition) is 4. The molecule has 0 atom stereocenters. The van der Waals surface area contributed by atoms with Gasteiger partial charge in [-0.1, -0.05) is 12.1 Å². The maximum Gasteiger partial charge on any atom is 0.335 e. The average Bonchev–Trinajstić information content (AvgIpc) is 2.70. The van der Waals surface area contributed by atoms with Crippen LogP contribution in [0.2, 0.25) is 0 Å². The fourth-order valence-corrected chi connectivity index (χ4v) is 2.43. The molecule has 0 heterocycles. The maximum absolute atomic E-state index is 12.1. The Kier molecular flexibility index (Phi) is 5.76. The zero-order chi connectivity index (χ0) is 19.9. The van der Waals surface area contributed by atoms with Gasteiger partial charge in [0.15, 0.2) is 0 Å². The van der Waals surface area contributed by atoms with E-state index in [0.717, 1.165) is 0 Å². The zero-order valence-corrected chi connectivity index (χ0v) is 15.0. The van der Waals surface area contributed by atoms with Gasteiger partial charge in [-0.05, 0) is 54.6 Å². The molecule has 0 bridgehead atoms. The van der Waals surface area contributed by atoms with Crippen LogP contribution in [0.25, 0.3) is 0 Å². The van der Waals surface area contributed by atoms with Crippen molar-refractivity contribution in [2.75, 3.05) is 17.7 Å². The number of nitrogens with one attached hydrogen (secondary N) is 2. The van der Waals surface area contributed by atoms with Gasteiger partial charge in [-0.15, -0.1) is 0 Å². The minimum absolute atomic E-state index is 0.144. The number of aromatic carboxylic acids is 1. The SMILES string of the molecule is COc1cccc(NC(=O)Nc2ccc(Oc3cccc(C(=O)O)c3)cc2)c1. The Balaban J connectivity index is 1.60. The highest BCUT2D eigenvalue weighted by Crippen LogP contribution is 2.24. The van der Waals surface area contributed by atoms with Gasteiger partial charge in [0.05, 0.1) is 12.7 Å². The van der Waals surface area contributed by atoms with E-state index in [2.05, 4.69) is 10.6 Å². The van der Waals surface area contributed by atoms with E-state index in [-0.39, 0.29) is 5.56 Å². The maximum atomic E-state index is 12.1. The molecule has 2 amide bonds. The standard InChI is InChI=1S/C21H18N2O5/c1-27-18-6-3-5-16(13-18)23-21(26)22-15-8-10-17(11-9-15)28-19-7-2-4-14(12-19)20(24)25/h2-13H,1H3,(H,24,25)(H2,22,23,26). The van der Waals surface area contributed by atoms with Crippen LogP contribution in [0.1, 0.15) is 10.4 Å². The first-order valence-electron chi connectivity index (χ1n) is 8.37. The van der Waals surface area contributed by atoms with E-state index in [0.29, 0.717) is 28.6 Å². The monoisotopic (exact) mass is 378 g/mol. The molecule has 0 saturated heterocycles. The largest absolute Gasteiger partial charge is 0.497 e. The molecule has 7 heteroatoms. The Morgan fingerprint density at radius 3 is 2.18 bits per heavy atom. The molecule has 3 aromatic rings. The lowest BCUT2D eigenvalue weighted by Crippen LogP contribution is -2.19. The number of rotatable bonds is 6. The van der Waals surface area contributed by atoms with Crippen LogP contribution in [0.4, 0.5) is 16.2 Å². The Bertz CT molecular complexity index is 986. The summed E-state index contributed by atoms with van der Waals surface area (Å²) in [5.74, 6) is 0.552. The molecular weight excluding hydrogens is 360 g/mol. The number of hydrogen-bond donors (Lipinski definition) is 3. The summed E-state index contributed by atoms with van der Waals surface area (Å²) < 4.78 is 10.8. The lowest BCUT2D eigenvalue weighted by Gasteiger charge is -2.10. The van der Waals surface area contributed by atoms with Crippen LogP contribution in [0, 0.1) is 0 Å². The predicted octanol–water partition coefficient (Wildman–Crippen LogP) is 4.83. The van der Waals surface area contributed by atoms with E-state index >= 15 is 0 Å². The Labute approximate surface area is 161 Å². The normalized spacial score (nSPS) is 10.0. The molecule has 0 spiro atoms. The summed E-state index contributed by atoms with van der Waals surface area (Å²) in [5, 5.41) is 14.5. The minimum atomic E-state index is -1.02. The van der Waals surface area contributed by atoms with Gasteiger partial charge >= 0.3 is 12.0 Å². The molecular formula is C21H18N2O5. The molecule has 0 aliphatic carbocycles. The van der Waals surface area contributed by atoms with E-state index in [1.54, 1.807) is 67.8 Å². The number of anilines is 2. The second-order valence-electron chi connectivity index (χ2n) is 5.77. The topological polar surface area (TPSA) is 96.9 Å². The van der Waals surface area contributed by atoms with Gasteiger partial charge in [0.2, 0.25) is 0 Å². The van der Waals surface area contributed by atoms with Crippen LogP contribution in [0.5, 0.6) is 17.2 Å². The summed E-state index contributed by atoms with van der Waals surface area (Å²) >= 11 is 0. The van der Waals surface area contributed by atoms with Crippen molar-refractivity contribution in [3.63, 3.8) is 0 Å². The van der Waals surface area contributed by atoms with Crippen molar-refractivity contribution in [1.29, 1.82) is 0 Å². The van der Waals surface area contributed by atoms with E-state index in [9.17, 15) is 9.59 Å². The number of benzene rings is 3. The number of carboxylic acids is 1. The molecule has 7 nitrogen and oxygen atoms in total. The van der Waals surface area contributed by atoms with Crippen LogP contribution in [-0.2, 0) is 0 Å². The quantitative estimate of drug-likeness (QED) is 0.571. The van der Waals surface area contributed by atoms with E-state index in [4.69, 9.17) is 14.6 Å². The number of carbonyl (C=O) groups excluding carboxylic acids is 1. The van der Waals surface area contributed by atoms with Crippen molar-refractivity contribution in [2.45, 2.75) is 0 Å². The minimum Gasteiger partial charge on any atom is -0.497 e. The summed E-state index contributed by atoms with van der Waals surface area (Å²) in [6.45, 7) is 0. The second kappa shape index (κ2) is 8.59. The Morgan fingerprint density at radius 1 is 0.786 bits per heavy atom. The zero-order valence-electron chi connectivity index (χ0n) is 15.0. The molecule has 0 radical (unpaired) electrons. The van der Waals surface area contributed by atoms with E-state index < -0.39 is 12.0 Å². The highest BCUT2D eigenvalue weighted by Gasteiger charge is 2.06. The van der Waals surface area contributed by atoms with Gasteiger partial charge in [0.1, 0.15) is 17.2 Å². The van der Waals surface area contributed by atoms with Crippen molar-refractivity contribution in [3.05, 3.63) is 78.4 Å². The lowest BCUT2D eigenvalue weighted by atomic mass is 10.2. The molecule has 0 aliphatic rings. The van der Waals surface area contributed by atoms with Crippen LogP contribution in [0.15, 0.2) is 72.8 Å². The molecule has 3 N–H and O–H groups in total. The molecule has 28 heavy (non-hydrogen) atoms. The highest BCUT2D eigenvalue weighted by molar-refractivity contribution is 5.99. The first-order valence-corrected chi connectivity index (χ1v) is 8.37. The van der Waals surface area contributed by atoms with Gasteiger partial charge in [-0.3, -0.25) is 0 Å². The molecule has 142 valence electrons. The van der Waals surface area contributed by atoms with Crippen molar-refractivity contribution in [2.24, 2.45) is 0 Å². The second-order valence-corrected chi connectivity index (χ2v) is 5.77. The van der Waals surface area contributed by atoms with Crippen molar-refractivity contribution in [3.8, 4) is 17.2 Å². The summed E-state index contributed by atoms with van der Waals surface area (Å²) in [4.78, 5) is 23.1. The number of urea groups is 1. The van der Waals surface area contributed by atoms with Crippen molar-refractivity contribution < 1.29 is 24.2 Å². The summed E-state index contributed by atoms with van der Waals surface area (Å²) in [5.41, 5.74) is 1.33.